The second kappa shape index (κ2) is 6.98. The van der Waals surface area contributed by atoms with Crippen LogP contribution in [0.1, 0.15) is 5.56 Å². The van der Waals surface area contributed by atoms with Crippen molar-refractivity contribution >= 4 is 16.8 Å². The summed E-state index contributed by atoms with van der Waals surface area (Å²) in [6, 6.07) is 7.21. The van der Waals surface area contributed by atoms with E-state index >= 15 is 0 Å². The van der Waals surface area contributed by atoms with Crippen LogP contribution in [0, 0.1) is 0 Å². The minimum absolute atomic E-state index is 0.383. The molecule has 0 heterocycles. The standard InChI is InChI=1S/C12H14O4S/c1-15-9-10-5-3-4-6-11(10)17(14)8-7-12(13)16-2/h3-8H,9H2,1-2H3/b8-7+. The van der Waals surface area contributed by atoms with Gasteiger partial charge in [0.05, 0.1) is 24.5 Å². The van der Waals surface area contributed by atoms with Gasteiger partial charge in [0, 0.05) is 23.5 Å². The van der Waals surface area contributed by atoms with E-state index in [0.717, 1.165) is 11.6 Å². The molecule has 0 aromatic heterocycles. The Kier molecular flexibility index (Phi) is 5.59. The zero-order valence-electron chi connectivity index (χ0n) is 9.71. The fourth-order valence-corrected chi connectivity index (χ4v) is 2.21. The van der Waals surface area contributed by atoms with Crippen LogP contribution in [0.15, 0.2) is 40.6 Å². The van der Waals surface area contributed by atoms with Crippen LogP contribution in [-0.2, 0) is 31.7 Å². The van der Waals surface area contributed by atoms with E-state index < -0.39 is 16.8 Å². The Morgan fingerprint density at radius 3 is 2.71 bits per heavy atom. The highest BCUT2D eigenvalue weighted by atomic mass is 32.2. The Morgan fingerprint density at radius 1 is 1.35 bits per heavy atom. The number of rotatable bonds is 5. The van der Waals surface area contributed by atoms with Crippen LogP contribution in [0.2, 0.25) is 0 Å². The second-order valence-corrected chi connectivity index (χ2v) is 4.47. The molecule has 17 heavy (non-hydrogen) atoms. The Bertz CT molecular complexity index is 440. The first-order valence-electron chi connectivity index (χ1n) is 4.92. The van der Waals surface area contributed by atoms with E-state index in [1.165, 1.54) is 12.5 Å². The number of methoxy groups -OCH3 is 2. The van der Waals surface area contributed by atoms with Crippen molar-refractivity contribution in [1.82, 2.24) is 0 Å². The summed E-state index contributed by atoms with van der Waals surface area (Å²) in [7, 11) is 1.47. The number of hydrogen-bond donors (Lipinski definition) is 0. The maximum absolute atomic E-state index is 11.9. The molecule has 0 radical (unpaired) electrons. The van der Waals surface area contributed by atoms with E-state index in [2.05, 4.69) is 4.74 Å². The molecule has 1 aromatic carbocycles. The molecule has 1 aromatic rings. The molecule has 0 aliphatic carbocycles. The minimum atomic E-state index is -1.38. The first-order chi connectivity index (χ1) is 8.19. The van der Waals surface area contributed by atoms with Crippen LogP contribution in [-0.4, -0.2) is 24.4 Å². The molecule has 0 spiro atoms. The monoisotopic (exact) mass is 254 g/mol. The van der Waals surface area contributed by atoms with Crippen molar-refractivity contribution in [2.75, 3.05) is 14.2 Å². The molecule has 0 fully saturated rings. The van der Waals surface area contributed by atoms with Crippen LogP contribution in [0.4, 0.5) is 0 Å². The van der Waals surface area contributed by atoms with Crippen molar-refractivity contribution in [3.8, 4) is 0 Å². The van der Waals surface area contributed by atoms with Crippen molar-refractivity contribution in [2.24, 2.45) is 0 Å². The Hall–Kier alpha value is -1.46. The fourth-order valence-electron chi connectivity index (χ4n) is 1.23. The first-order valence-corrected chi connectivity index (χ1v) is 6.14. The third-order valence-corrected chi connectivity index (χ3v) is 3.23. The van der Waals surface area contributed by atoms with Gasteiger partial charge in [0.1, 0.15) is 0 Å². The lowest BCUT2D eigenvalue weighted by Gasteiger charge is -2.05. The third-order valence-electron chi connectivity index (χ3n) is 2.02. The summed E-state index contributed by atoms with van der Waals surface area (Å²) in [5.41, 5.74) is 0.836. The molecule has 1 atom stereocenters. The summed E-state index contributed by atoms with van der Waals surface area (Å²) in [6.07, 6.45) is 1.15. The predicted octanol–water partition coefficient (Wildman–Crippen LogP) is 1.63. The average Bonchev–Trinajstić information content (AvgIpc) is 2.36. The molecule has 1 unspecified atom stereocenters. The molecular formula is C12H14O4S. The van der Waals surface area contributed by atoms with Crippen LogP contribution >= 0.6 is 0 Å². The van der Waals surface area contributed by atoms with E-state index in [9.17, 15) is 9.00 Å². The van der Waals surface area contributed by atoms with Gasteiger partial charge in [-0.2, -0.15) is 0 Å². The number of carbonyl (C=O) groups is 1. The van der Waals surface area contributed by atoms with Gasteiger partial charge in [-0.05, 0) is 11.6 Å². The zero-order chi connectivity index (χ0) is 12.7. The smallest absolute Gasteiger partial charge is 0.331 e. The van der Waals surface area contributed by atoms with Crippen molar-refractivity contribution in [1.29, 1.82) is 0 Å². The number of hydrogen-bond acceptors (Lipinski definition) is 4. The van der Waals surface area contributed by atoms with E-state index in [-0.39, 0.29) is 0 Å². The molecule has 0 saturated carbocycles. The Balaban J connectivity index is 2.88. The molecule has 4 nitrogen and oxygen atoms in total. The lowest BCUT2D eigenvalue weighted by Crippen LogP contribution is -1.99. The Labute approximate surface area is 103 Å². The van der Waals surface area contributed by atoms with Gasteiger partial charge >= 0.3 is 5.97 Å². The summed E-state index contributed by atoms with van der Waals surface area (Å²) >= 11 is 0. The largest absolute Gasteiger partial charge is 0.466 e. The van der Waals surface area contributed by atoms with Crippen LogP contribution in [0.5, 0.6) is 0 Å². The number of esters is 1. The minimum Gasteiger partial charge on any atom is -0.466 e. The van der Waals surface area contributed by atoms with Crippen LogP contribution in [0.25, 0.3) is 0 Å². The van der Waals surface area contributed by atoms with Crippen molar-refractivity contribution in [2.45, 2.75) is 11.5 Å². The first kappa shape index (κ1) is 13.6. The summed E-state index contributed by atoms with van der Waals surface area (Å²) in [4.78, 5) is 11.5. The van der Waals surface area contributed by atoms with Gasteiger partial charge < -0.3 is 9.47 Å². The zero-order valence-corrected chi connectivity index (χ0v) is 10.5. The molecule has 0 bridgehead atoms. The lowest BCUT2D eigenvalue weighted by atomic mass is 10.2. The van der Waals surface area contributed by atoms with Gasteiger partial charge in [0.25, 0.3) is 0 Å². The summed E-state index contributed by atoms with van der Waals surface area (Å²) in [5.74, 6) is -0.525. The highest BCUT2D eigenvalue weighted by Gasteiger charge is 2.06. The van der Waals surface area contributed by atoms with Crippen molar-refractivity contribution in [3.63, 3.8) is 0 Å². The van der Waals surface area contributed by atoms with E-state index in [0.29, 0.717) is 11.5 Å². The molecule has 0 N–H and O–H groups in total. The summed E-state index contributed by atoms with van der Waals surface area (Å²) in [5, 5.41) is 1.31. The molecule has 92 valence electrons. The van der Waals surface area contributed by atoms with Gasteiger partial charge in [-0.3, -0.25) is 0 Å². The lowest BCUT2D eigenvalue weighted by molar-refractivity contribution is -0.134. The summed E-state index contributed by atoms with van der Waals surface area (Å²) < 4.78 is 21.4. The topological polar surface area (TPSA) is 52.6 Å². The number of benzene rings is 1. The molecule has 1 rings (SSSR count). The van der Waals surface area contributed by atoms with Crippen LogP contribution < -0.4 is 0 Å². The molecular weight excluding hydrogens is 240 g/mol. The maximum atomic E-state index is 11.9. The van der Waals surface area contributed by atoms with E-state index in [1.807, 2.05) is 12.1 Å². The van der Waals surface area contributed by atoms with Crippen molar-refractivity contribution < 1.29 is 18.5 Å². The molecule has 0 amide bonds. The molecule has 0 aliphatic heterocycles. The SMILES string of the molecule is COCc1ccccc1S(=O)/C=C/C(=O)OC. The summed E-state index contributed by atoms with van der Waals surface area (Å²) in [6.45, 7) is 0.383. The molecule has 0 aliphatic rings. The third kappa shape index (κ3) is 4.13. The van der Waals surface area contributed by atoms with Gasteiger partial charge in [0.2, 0.25) is 0 Å². The highest BCUT2D eigenvalue weighted by molar-refractivity contribution is 7.88. The second-order valence-electron chi connectivity index (χ2n) is 3.16. The highest BCUT2D eigenvalue weighted by Crippen LogP contribution is 2.15. The average molecular weight is 254 g/mol. The maximum Gasteiger partial charge on any atom is 0.331 e. The normalized spacial score (nSPS) is 12.6. The molecule has 0 saturated heterocycles. The van der Waals surface area contributed by atoms with Crippen molar-refractivity contribution in [3.05, 3.63) is 41.3 Å². The van der Waals surface area contributed by atoms with Crippen LogP contribution in [0.3, 0.4) is 0 Å². The Morgan fingerprint density at radius 2 is 2.06 bits per heavy atom. The number of carbonyl (C=O) groups excluding carboxylic acids is 1. The number of ether oxygens (including phenoxy) is 2. The predicted molar refractivity (Wildman–Crippen MR) is 64.7 cm³/mol. The van der Waals surface area contributed by atoms with Gasteiger partial charge in [-0.15, -0.1) is 0 Å². The quantitative estimate of drug-likeness (QED) is 0.592. The van der Waals surface area contributed by atoms with Gasteiger partial charge in [0.15, 0.2) is 0 Å². The van der Waals surface area contributed by atoms with E-state index in [4.69, 9.17) is 4.74 Å². The van der Waals surface area contributed by atoms with Gasteiger partial charge in [-0.1, -0.05) is 18.2 Å². The van der Waals surface area contributed by atoms with Gasteiger partial charge in [-0.25, -0.2) is 9.00 Å². The van der Waals surface area contributed by atoms with E-state index in [1.54, 1.807) is 19.2 Å². The fraction of sp³-hybridized carbons (Fsp3) is 0.250. The molecule has 5 heteroatoms.